The van der Waals surface area contributed by atoms with Crippen molar-refractivity contribution in [2.24, 2.45) is 0 Å². The van der Waals surface area contributed by atoms with Crippen LogP contribution in [-0.4, -0.2) is 42.4 Å². The minimum absolute atomic E-state index is 0.126. The molecule has 6 nitrogen and oxygen atoms in total. The number of methoxy groups -OCH3 is 1. The summed E-state index contributed by atoms with van der Waals surface area (Å²) in [7, 11) is -1.23. The maximum absolute atomic E-state index is 11.4. The van der Waals surface area contributed by atoms with Crippen LogP contribution in [0.2, 0.25) is 0 Å². The van der Waals surface area contributed by atoms with E-state index >= 15 is 0 Å². The monoisotopic (exact) mass is 340 g/mol. The number of thioether (sulfide) groups is 1. The van der Waals surface area contributed by atoms with Gasteiger partial charge in [-0.25, -0.2) is 8.42 Å². The number of hydrogen-bond acceptors (Lipinski definition) is 7. The lowest BCUT2D eigenvalue weighted by Gasteiger charge is -2.03. The maximum Gasteiger partial charge on any atom is 0.236 e. The zero-order chi connectivity index (χ0) is 15.6. The van der Waals surface area contributed by atoms with E-state index in [2.05, 4.69) is 10.1 Å². The maximum atomic E-state index is 11.4. The molecule has 1 fully saturated rings. The van der Waals surface area contributed by atoms with Gasteiger partial charge in [-0.05, 0) is 30.7 Å². The average Bonchev–Trinajstić information content (AvgIpc) is 3.11. The first-order valence-electron chi connectivity index (χ1n) is 6.85. The van der Waals surface area contributed by atoms with Gasteiger partial charge >= 0.3 is 0 Å². The molecule has 1 aromatic carbocycles. The smallest absolute Gasteiger partial charge is 0.236 e. The molecule has 1 saturated heterocycles. The van der Waals surface area contributed by atoms with Gasteiger partial charge in [-0.3, -0.25) is 0 Å². The molecule has 2 heterocycles. The number of ether oxygens (including phenoxy) is 1. The van der Waals surface area contributed by atoms with Crippen LogP contribution >= 0.6 is 11.8 Å². The molecule has 0 spiro atoms. The van der Waals surface area contributed by atoms with Gasteiger partial charge in [0.1, 0.15) is 5.75 Å². The van der Waals surface area contributed by atoms with Crippen LogP contribution in [-0.2, 0) is 15.6 Å². The number of benzene rings is 1. The molecular formula is C14H16N2O4S2. The van der Waals surface area contributed by atoms with Crippen molar-refractivity contribution in [3.63, 3.8) is 0 Å². The lowest BCUT2D eigenvalue weighted by molar-refractivity contribution is 0.391. The standard InChI is InChI=1S/C14H16N2O4S2/c1-19-11-4-2-10(3-5-11)14-15-13(20-16-14)8-21-12-6-7-22(17,18)9-12/h2-5,12H,6-9H2,1H3/t12-/m0/s1. The molecule has 0 aliphatic carbocycles. The molecule has 1 aliphatic rings. The van der Waals surface area contributed by atoms with Crippen molar-refractivity contribution >= 4 is 21.6 Å². The summed E-state index contributed by atoms with van der Waals surface area (Å²) in [5.74, 6) is 2.87. The van der Waals surface area contributed by atoms with Crippen LogP contribution in [0.25, 0.3) is 11.4 Å². The Morgan fingerprint density at radius 2 is 2.14 bits per heavy atom. The average molecular weight is 340 g/mol. The van der Waals surface area contributed by atoms with Gasteiger partial charge in [0.2, 0.25) is 11.7 Å². The Bertz CT molecular complexity index is 740. The molecule has 1 aliphatic heterocycles. The third-order valence-corrected chi connectivity index (χ3v) is 6.72. The van der Waals surface area contributed by atoms with Gasteiger partial charge in [0.25, 0.3) is 0 Å². The van der Waals surface area contributed by atoms with Crippen LogP contribution < -0.4 is 4.74 Å². The summed E-state index contributed by atoms with van der Waals surface area (Å²) < 4.78 is 33.2. The zero-order valence-electron chi connectivity index (χ0n) is 12.1. The number of nitrogens with zero attached hydrogens (tertiary/aromatic N) is 2. The van der Waals surface area contributed by atoms with Crippen LogP contribution in [0.15, 0.2) is 28.8 Å². The van der Waals surface area contributed by atoms with Gasteiger partial charge in [-0.15, -0.1) is 11.8 Å². The first-order valence-corrected chi connectivity index (χ1v) is 9.72. The fourth-order valence-corrected chi connectivity index (χ4v) is 5.73. The largest absolute Gasteiger partial charge is 0.497 e. The highest BCUT2D eigenvalue weighted by molar-refractivity contribution is 8.01. The highest BCUT2D eigenvalue weighted by Crippen LogP contribution is 2.27. The van der Waals surface area contributed by atoms with E-state index < -0.39 is 9.84 Å². The molecule has 0 bridgehead atoms. The van der Waals surface area contributed by atoms with Crippen molar-refractivity contribution < 1.29 is 17.7 Å². The van der Waals surface area contributed by atoms with Crippen LogP contribution in [0.1, 0.15) is 12.3 Å². The van der Waals surface area contributed by atoms with Crippen LogP contribution in [0.3, 0.4) is 0 Å². The van der Waals surface area contributed by atoms with Crippen LogP contribution in [0.5, 0.6) is 5.75 Å². The summed E-state index contributed by atoms with van der Waals surface area (Å²) in [6, 6.07) is 7.40. The summed E-state index contributed by atoms with van der Waals surface area (Å²) in [6.07, 6.45) is 0.701. The fourth-order valence-electron chi connectivity index (χ4n) is 2.25. The van der Waals surface area contributed by atoms with E-state index in [1.807, 2.05) is 24.3 Å². The topological polar surface area (TPSA) is 82.3 Å². The minimum Gasteiger partial charge on any atom is -0.497 e. The molecule has 22 heavy (non-hydrogen) atoms. The van der Waals surface area contributed by atoms with Crippen molar-refractivity contribution in [3.05, 3.63) is 30.2 Å². The van der Waals surface area contributed by atoms with E-state index in [1.54, 1.807) is 18.9 Å². The third kappa shape index (κ3) is 3.61. The molecule has 1 aromatic heterocycles. The Morgan fingerprint density at radius 3 is 2.77 bits per heavy atom. The van der Waals surface area contributed by atoms with E-state index in [9.17, 15) is 8.42 Å². The minimum atomic E-state index is -2.84. The molecule has 118 valence electrons. The molecule has 8 heteroatoms. The first-order chi connectivity index (χ1) is 10.6. The van der Waals surface area contributed by atoms with Gasteiger partial charge < -0.3 is 9.26 Å². The van der Waals surface area contributed by atoms with Crippen LogP contribution in [0, 0.1) is 0 Å². The predicted molar refractivity (Wildman–Crippen MR) is 84.6 cm³/mol. The molecule has 0 unspecified atom stereocenters. The molecule has 1 atom stereocenters. The summed E-state index contributed by atoms with van der Waals surface area (Å²) in [5.41, 5.74) is 0.851. The summed E-state index contributed by atoms with van der Waals surface area (Å²) in [4.78, 5) is 4.34. The van der Waals surface area contributed by atoms with Crippen molar-refractivity contribution in [3.8, 4) is 17.1 Å². The predicted octanol–water partition coefficient (Wildman–Crippen LogP) is 2.17. The molecule has 0 amide bonds. The Balaban J connectivity index is 1.61. The summed E-state index contributed by atoms with van der Waals surface area (Å²) in [5, 5.41) is 4.08. The zero-order valence-corrected chi connectivity index (χ0v) is 13.7. The Morgan fingerprint density at radius 1 is 1.36 bits per heavy atom. The summed E-state index contributed by atoms with van der Waals surface area (Å²) >= 11 is 1.56. The van der Waals surface area contributed by atoms with Gasteiger partial charge in [-0.2, -0.15) is 4.98 Å². The second kappa shape index (κ2) is 6.29. The normalized spacial score (nSPS) is 20.1. The second-order valence-electron chi connectivity index (χ2n) is 5.08. The highest BCUT2D eigenvalue weighted by Gasteiger charge is 2.28. The fraction of sp³-hybridized carbons (Fsp3) is 0.429. The van der Waals surface area contributed by atoms with E-state index in [0.29, 0.717) is 23.9 Å². The van der Waals surface area contributed by atoms with Crippen molar-refractivity contribution in [1.82, 2.24) is 10.1 Å². The van der Waals surface area contributed by atoms with Crippen molar-refractivity contribution in [2.45, 2.75) is 17.4 Å². The van der Waals surface area contributed by atoms with Crippen molar-refractivity contribution in [1.29, 1.82) is 0 Å². The van der Waals surface area contributed by atoms with Crippen LogP contribution in [0.4, 0.5) is 0 Å². The van der Waals surface area contributed by atoms with E-state index in [1.165, 1.54) is 0 Å². The van der Waals surface area contributed by atoms with E-state index in [0.717, 1.165) is 11.3 Å². The number of rotatable bonds is 5. The Labute approximate surface area is 133 Å². The SMILES string of the molecule is COc1ccc(-c2noc(CS[C@H]3CCS(=O)(=O)C3)n2)cc1. The molecule has 0 saturated carbocycles. The van der Waals surface area contributed by atoms with Gasteiger partial charge in [0, 0.05) is 10.8 Å². The lowest BCUT2D eigenvalue weighted by atomic mass is 10.2. The van der Waals surface area contributed by atoms with Crippen molar-refractivity contribution in [2.75, 3.05) is 18.6 Å². The lowest BCUT2D eigenvalue weighted by Crippen LogP contribution is -2.06. The highest BCUT2D eigenvalue weighted by atomic mass is 32.2. The Kier molecular flexibility index (Phi) is 4.39. The summed E-state index contributed by atoms with van der Waals surface area (Å²) in [6.45, 7) is 0. The molecule has 2 aromatic rings. The quantitative estimate of drug-likeness (QED) is 0.825. The molecule has 0 N–H and O–H groups in total. The molecule has 3 rings (SSSR count). The van der Waals surface area contributed by atoms with Gasteiger partial charge in [0.05, 0.1) is 24.4 Å². The van der Waals surface area contributed by atoms with Gasteiger partial charge in [-0.1, -0.05) is 5.16 Å². The second-order valence-corrected chi connectivity index (χ2v) is 8.59. The molecular weight excluding hydrogens is 324 g/mol. The van der Waals surface area contributed by atoms with E-state index in [4.69, 9.17) is 9.26 Å². The van der Waals surface area contributed by atoms with Gasteiger partial charge in [0.15, 0.2) is 9.84 Å². The number of aromatic nitrogens is 2. The third-order valence-electron chi connectivity index (χ3n) is 3.45. The molecule has 0 radical (unpaired) electrons. The number of hydrogen-bond donors (Lipinski definition) is 0. The number of sulfone groups is 1. The first kappa shape index (κ1) is 15.4. The van der Waals surface area contributed by atoms with E-state index in [-0.39, 0.29) is 16.8 Å². The Hall–Kier alpha value is -1.54.